The lowest BCUT2D eigenvalue weighted by Gasteiger charge is -2.26. The standard InChI is InChI=1S/C16H27NO/c1-7-14(18-6)15(17-5)12-8-10-13(11-9-12)16(2,3)4/h8-11,14-15,17H,7H2,1-6H3. The topological polar surface area (TPSA) is 21.3 Å². The zero-order valence-electron chi connectivity index (χ0n) is 12.6. The van der Waals surface area contributed by atoms with Gasteiger partial charge in [-0.15, -0.1) is 0 Å². The number of ether oxygens (including phenoxy) is 1. The van der Waals surface area contributed by atoms with Crippen molar-refractivity contribution in [3.05, 3.63) is 35.4 Å². The highest BCUT2D eigenvalue weighted by Gasteiger charge is 2.20. The SMILES string of the molecule is CCC(OC)C(NC)c1ccc(C(C)(C)C)cc1. The fourth-order valence-electron chi connectivity index (χ4n) is 2.30. The third-order valence-corrected chi connectivity index (χ3v) is 3.52. The van der Waals surface area contributed by atoms with E-state index < -0.39 is 0 Å². The number of rotatable bonds is 5. The molecule has 1 N–H and O–H groups in total. The lowest BCUT2D eigenvalue weighted by atomic mass is 9.86. The average Bonchev–Trinajstić information content (AvgIpc) is 2.35. The van der Waals surface area contributed by atoms with Gasteiger partial charge in [0.2, 0.25) is 0 Å². The van der Waals surface area contributed by atoms with Gasteiger partial charge in [0.1, 0.15) is 0 Å². The molecule has 0 saturated carbocycles. The fourth-order valence-corrected chi connectivity index (χ4v) is 2.30. The summed E-state index contributed by atoms with van der Waals surface area (Å²) in [6, 6.07) is 9.13. The molecule has 102 valence electrons. The molecular weight excluding hydrogens is 222 g/mol. The molecule has 1 aromatic carbocycles. The van der Waals surface area contributed by atoms with Gasteiger partial charge in [-0.2, -0.15) is 0 Å². The van der Waals surface area contributed by atoms with Crippen molar-refractivity contribution in [1.82, 2.24) is 5.32 Å². The number of hydrogen-bond acceptors (Lipinski definition) is 2. The summed E-state index contributed by atoms with van der Waals surface area (Å²) in [5.74, 6) is 0. The van der Waals surface area contributed by atoms with Gasteiger partial charge in [-0.25, -0.2) is 0 Å². The normalized spacial score (nSPS) is 15.4. The van der Waals surface area contributed by atoms with E-state index in [4.69, 9.17) is 4.74 Å². The summed E-state index contributed by atoms with van der Waals surface area (Å²) in [6.07, 6.45) is 1.22. The molecule has 0 aliphatic carbocycles. The number of likely N-dealkylation sites (N-methyl/N-ethyl adjacent to an activating group) is 1. The second kappa shape index (κ2) is 6.35. The molecule has 0 aliphatic rings. The van der Waals surface area contributed by atoms with Crippen molar-refractivity contribution in [2.45, 2.75) is 51.7 Å². The van der Waals surface area contributed by atoms with Crippen LogP contribution in [0.2, 0.25) is 0 Å². The van der Waals surface area contributed by atoms with Crippen molar-refractivity contribution < 1.29 is 4.74 Å². The van der Waals surface area contributed by atoms with Crippen LogP contribution in [0, 0.1) is 0 Å². The van der Waals surface area contributed by atoms with Gasteiger partial charge in [-0.1, -0.05) is 52.0 Å². The summed E-state index contributed by atoms with van der Waals surface area (Å²) in [6.45, 7) is 8.87. The molecule has 0 spiro atoms. The Balaban J connectivity index is 2.95. The van der Waals surface area contributed by atoms with Crippen molar-refractivity contribution in [3.63, 3.8) is 0 Å². The van der Waals surface area contributed by atoms with Crippen molar-refractivity contribution in [3.8, 4) is 0 Å². The van der Waals surface area contributed by atoms with Gasteiger partial charge >= 0.3 is 0 Å². The van der Waals surface area contributed by atoms with Crippen LogP contribution in [-0.4, -0.2) is 20.3 Å². The number of methoxy groups -OCH3 is 1. The van der Waals surface area contributed by atoms with Gasteiger partial charge in [0, 0.05) is 7.11 Å². The van der Waals surface area contributed by atoms with Gasteiger partial charge in [-0.3, -0.25) is 0 Å². The van der Waals surface area contributed by atoms with E-state index in [1.165, 1.54) is 11.1 Å². The van der Waals surface area contributed by atoms with Crippen LogP contribution < -0.4 is 5.32 Å². The zero-order valence-corrected chi connectivity index (χ0v) is 12.6. The third-order valence-electron chi connectivity index (χ3n) is 3.52. The van der Waals surface area contributed by atoms with E-state index >= 15 is 0 Å². The van der Waals surface area contributed by atoms with E-state index in [2.05, 4.69) is 57.3 Å². The first-order chi connectivity index (χ1) is 8.43. The number of hydrogen-bond donors (Lipinski definition) is 1. The molecule has 0 heterocycles. The minimum Gasteiger partial charge on any atom is -0.379 e. The van der Waals surface area contributed by atoms with Gasteiger partial charge in [0.05, 0.1) is 12.1 Å². The Morgan fingerprint density at radius 2 is 1.72 bits per heavy atom. The molecule has 2 nitrogen and oxygen atoms in total. The van der Waals surface area contributed by atoms with Gasteiger partial charge in [0.15, 0.2) is 0 Å². The zero-order chi connectivity index (χ0) is 13.8. The minimum absolute atomic E-state index is 0.207. The first kappa shape index (κ1) is 15.2. The van der Waals surface area contributed by atoms with Crippen LogP contribution in [0.15, 0.2) is 24.3 Å². The molecule has 0 fully saturated rings. The highest BCUT2D eigenvalue weighted by molar-refractivity contribution is 5.29. The Labute approximate surface area is 112 Å². The molecule has 2 unspecified atom stereocenters. The van der Waals surface area contributed by atoms with Crippen molar-refractivity contribution in [1.29, 1.82) is 0 Å². The maximum absolute atomic E-state index is 5.54. The monoisotopic (exact) mass is 249 g/mol. The van der Waals surface area contributed by atoms with E-state index in [0.29, 0.717) is 0 Å². The number of nitrogens with one attached hydrogen (secondary N) is 1. The molecule has 2 heteroatoms. The summed E-state index contributed by atoms with van der Waals surface area (Å²) in [5, 5.41) is 3.35. The second-order valence-electron chi connectivity index (χ2n) is 5.82. The molecule has 0 aliphatic heterocycles. The molecular formula is C16H27NO. The summed E-state index contributed by atoms with van der Waals surface area (Å²) in [4.78, 5) is 0. The third kappa shape index (κ3) is 3.56. The van der Waals surface area contributed by atoms with Gasteiger partial charge < -0.3 is 10.1 Å². The summed E-state index contributed by atoms with van der Waals surface area (Å²) in [5.41, 5.74) is 2.87. The van der Waals surface area contributed by atoms with Crippen LogP contribution in [0.1, 0.15) is 51.3 Å². The van der Waals surface area contributed by atoms with Crippen LogP contribution in [0.5, 0.6) is 0 Å². The Morgan fingerprint density at radius 1 is 1.17 bits per heavy atom. The predicted molar refractivity (Wildman–Crippen MR) is 78.0 cm³/mol. The Hall–Kier alpha value is -0.860. The Kier molecular flexibility index (Phi) is 5.36. The maximum atomic E-state index is 5.54. The van der Waals surface area contributed by atoms with Crippen molar-refractivity contribution in [2.24, 2.45) is 0 Å². The van der Waals surface area contributed by atoms with Crippen LogP contribution in [0.25, 0.3) is 0 Å². The van der Waals surface area contributed by atoms with Crippen LogP contribution >= 0.6 is 0 Å². The lowest BCUT2D eigenvalue weighted by molar-refractivity contribution is 0.0675. The Morgan fingerprint density at radius 3 is 2.06 bits per heavy atom. The largest absolute Gasteiger partial charge is 0.379 e. The van der Waals surface area contributed by atoms with Gasteiger partial charge in [0.25, 0.3) is 0 Å². The molecule has 0 aromatic heterocycles. The highest BCUT2D eigenvalue weighted by atomic mass is 16.5. The van der Waals surface area contributed by atoms with Crippen molar-refractivity contribution >= 4 is 0 Å². The summed E-state index contributed by atoms with van der Waals surface area (Å²) in [7, 11) is 3.77. The molecule has 0 bridgehead atoms. The van der Waals surface area contributed by atoms with Crippen molar-refractivity contribution in [2.75, 3.05) is 14.2 Å². The van der Waals surface area contributed by atoms with Crippen LogP contribution in [0.3, 0.4) is 0 Å². The fraction of sp³-hybridized carbons (Fsp3) is 0.625. The molecule has 0 amide bonds. The molecule has 0 radical (unpaired) electrons. The molecule has 0 saturated heterocycles. The minimum atomic E-state index is 0.207. The molecule has 1 rings (SSSR count). The average molecular weight is 249 g/mol. The second-order valence-corrected chi connectivity index (χ2v) is 5.82. The smallest absolute Gasteiger partial charge is 0.0763 e. The summed E-state index contributed by atoms with van der Waals surface area (Å²) >= 11 is 0. The molecule has 2 atom stereocenters. The number of benzene rings is 1. The Bertz CT molecular complexity index is 346. The van der Waals surface area contributed by atoms with E-state index in [-0.39, 0.29) is 17.6 Å². The maximum Gasteiger partial charge on any atom is 0.0763 e. The van der Waals surface area contributed by atoms with Crippen LogP contribution in [0.4, 0.5) is 0 Å². The predicted octanol–water partition coefficient (Wildman–Crippen LogP) is 3.67. The van der Waals surface area contributed by atoms with E-state index in [1.54, 1.807) is 7.11 Å². The van der Waals surface area contributed by atoms with E-state index in [0.717, 1.165) is 6.42 Å². The van der Waals surface area contributed by atoms with Gasteiger partial charge in [-0.05, 0) is 30.0 Å². The van der Waals surface area contributed by atoms with E-state index in [1.807, 2.05) is 7.05 Å². The van der Waals surface area contributed by atoms with E-state index in [9.17, 15) is 0 Å². The lowest BCUT2D eigenvalue weighted by Crippen LogP contribution is -2.30. The first-order valence-corrected chi connectivity index (χ1v) is 6.74. The first-order valence-electron chi connectivity index (χ1n) is 6.74. The molecule has 1 aromatic rings. The van der Waals surface area contributed by atoms with Crippen LogP contribution in [-0.2, 0) is 10.2 Å². The molecule has 18 heavy (non-hydrogen) atoms. The quantitative estimate of drug-likeness (QED) is 0.859. The highest BCUT2D eigenvalue weighted by Crippen LogP contribution is 2.26. The summed E-state index contributed by atoms with van der Waals surface area (Å²) < 4.78 is 5.54.